The molecule has 2 fully saturated rings. The van der Waals surface area contributed by atoms with Crippen molar-refractivity contribution in [3.63, 3.8) is 0 Å². The van der Waals surface area contributed by atoms with Gasteiger partial charge in [0.25, 0.3) is 5.92 Å². The molecule has 0 unspecified atom stereocenters. The zero-order chi connectivity index (χ0) is 62.9. The number of hydrogen-bond acceptors (Lipinski definition) is 13. The molecule has 0 amide bonds. The number of aromatic amines is 3. The summed E-state index contributed by atoms with van der Waals surface area (Å²) in [6.07, 6.45) is 26.5. The fourth-order valence-corrected chi connectivity index (χ4v) is 12.6. The average molecular weight is 1230 g/mol. The Bertz CT molecular complexity index is 4670. The molecule has 17 nitrogen and oxygen atoms in total. The molecule has 0 bridgehead atoms. The summed E-state index contributed by atoms with van der Waals surface area (Å²) < 4.78 is 59.2. The van der Waals surface area contributed by atoms with Gasteiger partial charge in [0.05, 0.1) is 69.4 Å². The lowest BCUT2D eigenvalue weighted by atomic mass is 9.87. The van der Waals surface area contributed by atoms with Crippen molar-refractivity contribution < 1.29 is 17.6 Å². The van der Waals surface area contributed by atoms with Crippen molar-refractivity contribution in [1.29, 1.82) is 0 Å². The topological polar surface area (TPSA) is 190 Å². The van der Waals surface area contributed by atoms with E-state index in [0.717, 1.165) is 82.4 Å². The van der Waals surface area contributed by atoms with Crippen LogP contribution >= 0.6 is 0 Å². The fourth-order valence-electron chi connectivity index (χ4n) is 12.6. The Morgan fingerprint density at radius 1 is 0.703 bits per heavy atom. The van der Waals surface area contributed by atoms with Gasteiger partial charge in [-0.05, 0) is 166 Å². The average Bonchev–Trinajstić information content (AvgIpc) is 1.73. The zero-order valence-electron chi connectivity index (χ0n) is 51.5. The van der Waals surface area contributed by atoms with E-state index in [1.165, 1.54) is 31.4 Å². The minimum Gasteiger partial charge on any atom is -0.358 e. The number of hydrogen-bond donors (Lipinski definition) is 4. The van der Waals surface area contributed by atoms with Gasteiger partial charge in [-0.25, -0.2) is 32.5 Å². The quantitative estimate of drug-likeness (QED) is 0.0498. The standard InChI is InChI=1S/C70H71F4N17/c1-42(51-31-55(35-76-33-51)79-44(3)48-14-8-7-9-15-48)16-19-62-43(2)63(68-81-60-38-77-36-56(64(60)83-68)49-24-45(27-53(71)29-49)12-10-21-88(4)5)87-91(62)89(6)22-11-13-46-25-50(30-54(72)28-46)57-37-78-39-61-65(57)84-69(82-61)67-66-59(85-86-67)18-17-58(80-66)52-26-47(32-75-34-52)40-90-23-20-70(73,74)41-90/h16-19,24-39,48,79H,2-3,7-15,20-23,40-41H2,1,4-6H3,(H,81,83)(H,82,84)(H,85,86)/b42-16+,62-19+. The van der Waals surface area contributed by atoms with Gasteiger partial charge >= 0.3 is 0 Å². The van der Waals surface area contributed by atoms with Crippen molar-refractivity contribution in [3.05, 3.63) is 173 Å². The van der Waals surface area contributed by atoms with Crippen LogP contribution in [0.3, 0.4) is 0 Å². The largest absolute Gasteiger partial charge is 0.358 e. The number of likely N-dealkylation sites (tertiary alicyclic amines) is 1. The number of imidazole rings is 2. The Morgan fingerprint density at radius 3 is 2.02 bits per heavy atom. The highest BCUT2D eigenvalue weighted by Gasteiger charge is 2.38. The summed E-state index contributed by atoms with van der Waals surface area (Å²) in [5.74, 6) is -2.04. The van der Waals surface area contributed by atoms with Gasteiger partial charge in [0.2, 0.25) is 0 Å². The maximum atomic E-state index is 15.9. The Hall–Kier alpha value is -9.73. The number of benzene rings is 2. The third-order valence-corrected chi connectivity index (χ3v) is 17.4. The summed E-state index contributed by atoms with van der Waals surface area (Å²) in [6.45, 7) is 12.9. The van der Waals surface area contributed by atoms with Gasteiger partial charge in [0, 0.05) is 91.7 Å². The molecule has 1 aliphatic carbocycles. The van der Waals surface area contributed by atoms with E-state index in [4.69, 9.17) is 20.1 Å². The number of allylic oxidation sites excluding steroid dienone is 3. The molecule has 21 heteroatoms. The SMILES string of the molecule is C=C(Nc1cncc(/C(C)=C/C=c2\c(=C)c(-c3nc4c(-c5cc(F)cc(CCCN(C)C)c5)cncc4[nH]3)nn2N(C)CCCc2cc(F)cc(-c3cncc4[nH]c(-c5n[nH]c6ccc(-c7cncc(CN8CCC(F)(F)C8)c7)nc56)nc34)c2)c1)C1CCCCC1. The van der Waals surface area contributed by atoms with E-state index >= 15 is 8.78 Å². The van der Waals surface area contributed by atoms with Crippen LogP contribution < -0.4 is 20.9 Å². The van der Waals surface area contributed by atoms with E-state index in [1.807, 2.05) is 92.7 Å². The molecular weight excluding hydrogens is 1150 g/mol. The van der Waals surface area contributed by atoms with Gasteiger partial charge in [0.15, 0.2) is 17.3 Å². The molecule has 11 aromatic rings. The number of fused-ring (bicyclic) bond motifs is 3. The van der Waals surface area contributed by atoms with Crippen molar-refractivity contribution in [2.75, 3.05) is 57.6 Å². The lowest BCUT2D eigenvalue weighted by Crippen LogP contribution is -2.43. The van der Waals surface area contributed by atoms with E-state index < -0.39 is 11.7 Å². The van der Waals surface area contributed by atoms with Crippen LogP contribution in [0.1, 0.15) is 80.5 Å². The molecule has 1 saturated carbocycles. The molecule has 2 aromatic carbocycles. The molecule has 10 heterocycles. The van der Waals surface area contributed by atoms with Crippen LogP contribution in [-0.4, -0.2) is 128 Å². The molecule has 91 heavy (non-hydrogen) atoms. The number of aryl methyl sites for hydroxylation is 2. The number of aromatic nitrogens is 13. The molecule has 0 radical (unpaired) electrons. The summed E-state index contributed by atoms with van der Waals surface area (Å²) in [5, 5.41) is 19.8. The molecule has 464 valence electrons. The predicted molar refractivity (Wildman–Crippen MR) is 351 cm³/mol. The van der Waals surface area contributed by atoms with E-state index in [0.29, 0.717) is 128 Å². The Balaban J connectivity index is 0.769. The highest BCUT2D eigenvalue weighted by Crippen LogP contribution is 2.35. The first kappa shape index (κ1) is 60.2. The zero-order valence-corrected chi connectivity index (χ0v) is 51.5. The van der Waals surface area contributed by atoms with Gasteiger partial charge in [0.1, 0.15) is 22.8 Å². The van der Waals surface area contributed by atoms with Crippen LogP contribution in [-0.2, 0) is 19.4 Å². The highest BCUT2D eigenvalue weighted by atomic mass is 19.3. The molecule has 0 spiro atoms. The van der Waals surface area contributed by atoms with Crippen molar-refractivity contribution in [2.45, 2.75) is 83.6 Å². The van der Waals surface area contributed by atoms with Crippen LogP contribution in [0.5, 0.6) is 0 Å². The Morgan fingerprint density at radius 2 is 1.35 bits per heavy atom. The number of nitrogens with zero attached hydrogens (tertiary/aromatic N) is 13. The first-order valence-corrected chi connectivity index (χ1v) is 31.0. The first-order valence-electron chi connectivity index (χ1n) is 31.0. The number of halogens is 4. The molecule has 4 N–H and O–H groups in total. The third-order valence-electron chi connectivity index (χ3n) is 17.4. The maximum absolute atomic E-state index is 15.9. The van der Waals surface area contributed by atoms with Gasteiger partial charge in [-0.3, -0.25) is 34.9 Å². The Kier molecular flexibility index (Phi) is 17.0. The Labute approximate surface area is 523 Å². The van der Waals surface area contributed by atoms with Crippen molar-refractivity contribution in [2.24, 2.45) is 5.92 Å². The molecule has 1 saturated heterocycles. The van der Waals surface area contributed by atoms with Crippen LogP contribution in [0.25, 0.3) is 108 Å². The minimum atomic E-state index is -2.69. The number of rotatable bonds is 21. The van der Waals surface area contributed by atoms with Gasteiger partial charge < -0.3 is 20.2 Å². The second kappa shape index (κ2) is 25.6. The number of anilines is 1. The predicted octanol–water partition coefficient (Wildman–Crippen LogP) is 12.4. The van der Waals surface area contributed by atoms with Crippen LogP contribution in [0.4, 0.5) is 23.2 Å². The molecule has 0 atom stereocenters. The number of pyridine rings is 5. The van der Waals surface area contributed by atoms with Crippen molar-refractivity contribution in [1.82, 2.24) is 74.7 Å². The summed E-state index contributed by atoms with van der Waals surface area (Å²) in [6, 6.07) is 17.9. The van der Waals surface area contributed by atoms with Crippen LogP contribution in [0.2, 0.25) is 0 Å². The van der Waals surface area contributed by atoms with E-state index in [9.17, 15) is 8.78 Å². The monoisotopic (exact) mass is 1230 g/mol. The van der Waals surface area contributed by atoms with Crippen LogP contribution in [0.15, 0.2) is 129 Å². The third kappa shape index (κ3) is 13.3. The van der Waals surface area contributed by atoms with Gasteiger partial charge in [-0.1, -0.05) is 50.6 Å². The molecule has 9 aromatic heterocycles. The summed E-state index contributed by atoms with van der Waals surface area (Å²) in [7, 11) is 6.02. The normalized spacial score (nSPS) is 15.1. The van der Waals surface area contributed by atoms with Gasteiger partial charge in [-0.15, -0.1) is 5.10 Å². The minimum absolute atomic E-state index is 0.154. The number of H-pyrrole nitrogens is 3. The molecule has 2 aliphatic rings. The number of nitrogens with one attached hydrogen (secondary N) is 4. The fraction of sp³-hybridized carbons (Fsp3) is 0.300. The lowest BCUT2D eigenvalue weighted by Gasteiger charge is -2.24. The lowest BCUT2D eigenvalue weighted by molar-refractivity contribution is 0.0115. The maximum Gasteiger partial charge on any atom is 0.261 e. The first-order chi connectivity index (χ1) is 44.0. The second-order valence-corrected chi connectivity index (χ2v) is 24.6. The van der Waals surface area contributed by atoms with Crippen molar-refractivity contribution in [3.8, 4) is 56.5 Å². The van der Waals surface area contributed by atoms with Crippen molar-refractivity contribution >= 4 is 57.0 Å². The smallest absolute Gasteiger partial charge is 0.261 e. The molecular formula is C70H71F4N17. The molecule has 13 rings (SSSR count). The van der Waals surface area contributed by atoms with Crippen LogP contribution in [0, 0.1) is 17.6 Å². The highest BCUT2D eigenvalue weighted by molar-refractivity contribution is 5.96. The molecule has 1 aliphatic heterocycles. The second-order valence-electron chi connectivity index (χ2n) is 24.6. The summed E-state index contributed by atoms with van der Waals surface area (Å²) in [5.41, 5.74) is 15.1. The van der Waals surface area contributed by atoms with Gasteiger partial charge in [-0.2, -0.15) is 9.89 Å². The van der Waals surface area contributed by atoms with E-state index in [1.54, 1.807) is 54.2 Å². The van der Waals surface area contributed by atoms with E-state index in [-0.39, 0.29) is 18.8 Å². The number of alkyl halides is 2. The summed E-state index contributed by atoms with van der Waals surface area (Å²) >= 11 is 0. The van der Waals surface area contributed by atoms with E-state index in [2.05, 4.69) is 69.5 Å². The summed E-state index contributed by atoms with van der Waals surface area (Å²) in [4.78, 5) is 45.8.